The van der Waals surface area contributed by atoms with E-state index < -0.39 is 0 Å². The third kappa shape index (κ3) is 2.97. The van der Waals surface area contributed by atoms with Gasteiger partial charge in [-0.3, -0.25) is 5.10 Å². The van der Waals surface area contributed by atoms with E-state index in [1.807, 2.05) is 26.1 Å². The molecule has 0 aliphatic rings. The van der Waals surface area contributed by atoms with Gasteiger partial charge in [-0.1, -0.05) is 43.7 Å². The van der Waals surface area contributed by atoms with Crippen LogP contribution in [0.2, 0.25) is 0 Å². The first-order chi connectivity index (χ1) is 11.4. The SMILES string of the molecule is CCCC(=N)c1c(-c2ccc(C(C)(C)N)cc2)ccc2[nH]ncc12. The molecule has 3 rings (SSSR count). The number of nitrogens with zero attached hydrogens (tertiary/aromatic N) is 1. The van der Waals surface area contributed by atoms with Gasteiger partial charge in [-0.25, -0.2) is 0 Å². The predicted octanol–water partition coefficient (Wildman–Crippen LogP) is 4.59. The summed E-state index contributed by atoms with van der Waals surface area (Å²) in [5.74, 6) is 0. The summed E-state index contributed by atoms with van der Waals surface area (Å²) in [4.78, 5) is 0. The van der Waals surface area contributed by atoms with Gasteiger partial charge in [0, 0.05) is 22.2 Å². The lowest BCUT2D eigenvalue weighted by Crippen LogP contribution is -2.28. The quantitative estimate of drug-likeness (QED) is 0.601. The molecule has 0 amide bonds. The third-order valence-electron chi connectivity index (χ3n) is 4.37. The first kappa shape index (κ1) is 16.4. The molecular formula is C20H24N4. The molecule has 0 atom stereocenters. The van der Waals surface area contributed by atoms with E-state index in [0.29, 0.717) is 5.71 Å². The van der Waals surface area contributed by atoms with Gasteiger partial charge in [-0.2, -0.15) is 5.10 Å². The number of hydrogen-bond acceptors (Lipinski definition) is 3. The number of aromatic nitrogens is 2. The largest absolute Gasteiger partial charge is 0.322 e. The second-order valence-electron chi connectivity index (χ2n) is 6.85. The van der Waals surface area contributed by atoms with Crippen LogP contribution >= 0.6 is 0 Å². The smallest absolute Gasteiger partial charge is 0.0657 e. The topological polar surface area (TPSA) is 78.5 Å². The minimum atomic E-state index is -0.356. The van der Waals surface area contributed by atoms with Crippen molar-refractivity contribution in [2.75, 3.05) is 0 Å². The zero-order chi connectivity index (χ0) is 17.3. The van der Waals surface area contributed by atoms with E-state index in [0.717, 1.165) is 46.0 Å². The summed E-state index contributed by atoms with van der Waals surface area (Å²) < 4.78 is 0. The van der Waals surface area contributed by atoms with E-state index in [1.54, 1.807) is 0 Å². The fraction of sp³-hybridized carbons (Fsp3) is 0.300. The second kappa shape index (κ2) is 6.21. The molecule has 0 saturated heterocycles. The maximum atomic E-state index is 8.52. The molecule has 4 N–H and O–H groups in total. The molecule has 2 aromatic carbocycles. The molecule has 0 aliphatic heterocycles. The highest BCUT2D eigenvalue weighted by molar-refractivity contribution is 6.13. The van der Waals surface area contributed by atoms with Crippen LogP contribution < -0.4 is 5.73 Å². The summed E-state index contributed by atoms with van der Waals surface area (Å²) >= 11 is 0. The molecular weight excluding hydrogens is 296 g/mol. The van der Waals surface area contributed by atoms with Crippen LogP contribution in [0.1, 0.15) is 44.7 Å². The van der Waals surface area contributed by atoms with Crippen LogP contribution in [-0.2, 0) is 5.54 Å². The highest BCUT2D eigenvalue weighted by atomic mass is 15.1. The van der Waals surface area contributed by atoms with Crippen LogP contribution in [0.3, 0.4) is 0 Å². The summed E-state index contributed by atoms with van der Waals surface area (Å²) in [6.07, 6.45) is 3.52. The Morgan fingerprint density at radius 1 is 1.17 bits per heavy atom. The van der Waals surface area contributed by atoms with E-state index in [2.05, 4.69) is 47.5 Å². The molecule has 3 aromatic rings. The number of benzene rings is 2. The number of H-pyrrole nitrogens is 1. The lowest BCUT2D eigenvalue weighted by Gasteiger charge is -2.20. The van der Waals surface area contributed by atoms with Gasteiger partial charge in [0.15, 0.2) is 0 Å². The van der Waals surface area contributed by atoms with Crippen LogP contribution in [-0.4, -0.2) is 15.9 Å². The Labute approximate surface area is 142 Å². The molecule has 4 nitrogen and oxygen atoms in total. The normalized spacial score (nSPS) is 11.8. The Hall–Kier alpha value is -2.46. The Bertz CT molecular complexity index is 867. The molecule has 0 radical (unpaired) electrons. The molecule has 0 bridgehead atoms. The second-order valence-corrected chi connectivity index (χ2v) is 6.85. The van der Waals surface area contributed by atoms with Crippen molar-refractivity contribution in [3.8, 4) is 11.1 Å². The number of hydrogen-bond donors (Lipinski definition) is 3. The first-order valence-corrected chi connectivity index (χ1v) is 8.35. The summed E-state index contributed by atoms with van der Waals surface area (Å²) in [5, 5.41) is 16.7. The van der Waals surface area contributed by atoms with Crippen LogP contribution in [0.25, 0.3) is 22.0 Å². The molecule has 1 aromatic heterocycles. The van der Waals surface area contributed by atoms with Crippen LogP contribution in [0.15, 0.2) is 42.6 Å². The third-order valence-corrected chi connectivity index (χ3v) is 4.37. The fourth-order valence-electron chi connectivity index (χ4n) is 3.04. The van der Waals surface area contributed by atoms with Crippen molar-refractivity contribution in [3.63, 3.8) is 0 Å². The predicted molar refractivity (Wildman–Crippen MR) is 100 cm³/mol. The van der Waals surface area contributed by atoms with Crippen molar-refractivity contribution in [1.29, 1.82) is 5.41 Å². The van der Waals surface area contributed by atoms with Crippen molar-refractivity contribution < 1.29 is 0 Å². The zero-order valence-corrected chi connectivity index (χ0v) is 14.5. The molecule has 4 heteroatoms. The van der Waals surface area contributed by atoms with Gasteiger partial charge in [0.2, 0.25) is 0 Å². The van der Waals surface area contributed by atoms with Gasteiger partial charge in [0.25, 0.3) is 0 Å². The number of rotatable bonds is 5. The Morgan fingerprint density at radius 2 is 1.88 bits per heavy atom. The minimum Gasteiger partial charge on any atom is -0.322 e. The van der Waals surface area contributed by atoms with E-state index in [-0.39, 0.29) is 5.54 Å². The highest BCUT2D eigenvalue weighted by Crippen LogP contribution is 2.32. The molecule has 0 spiro atoms. The average Bonchev–Trinajstić information content (AvgIpc) is 3.02. The van der Waals surface area contributed by atoms with E-state index in [4.69, 9.17) is 11.1 Å². The number of nitrogens with two attached hydrogens (primary N) is 1. The molecule has 0 fully saturated rings. The van der Waals surface area contributed by atoms with Gasteiger partial charge in [-0.15, -0.1) is 0 Å². The first-order valence-electron chi connectivity index (χ1n) is 8.35. The van der Waals surface area contributed by atoms with Gasteiger partial charge in [0.1, 0.15) is 0 Å². The van der Waals surface area contributed by atoms with E-state index in [9.17, 15) is 0 Å². The molecule has 1 heterocycles. The lowest BCUT2D eigenvalue weighted by atomic mass is 9.89. The van der Waals surface area contributed by atoms with Crippen molar-refractivity contribution >= 4 is 16.6 Å². The molecule has 0 aliphatic carbocycles. The average molecular weight is 320 g/mol. The molecule has 24 heavy (non-hydrogen) atoms. The van der Waals surface area contributed by atoms with Crippen molar-refractivity contribution in [1.82, 2.24) is 10.2 Å². The zero-order valence-electron chi connectivity index (χ0n) is 14.5. The van der Waals surface area contributed by atoms with E-state index in [1.165, 1.54) is 0 Å². The number of fused-ring (bicyclic) bond motifs is 1. The summed E-state index contributed by atoms with van der Waals surface area (Å²) in [6.45, 7) is 6.10. The van der Waals surface area contributed by atoms with Crippen LogP contribution in [0.4, 0.5) is 0 Å². The van der Waals surface area contributed by atoms with Crippen LogP contribution in [0.5, 0.6) is 0 Å². The van der Waals surface area contributed by atoms with Crippen molar-refractivity contribution in [2.45, 2.75) is 39.2 Å². The van der Waals surface area contributed by atoms with Gasteiger partial charge < -0.3 is 11.1 Å². The van der Waals surface area contributed by atoms with Crippen LogP contribution in [0, 0.1) is 5.41 Å². The van der Waals surface area contributed by atoms with Crippen molar-refractivity contribution in [2.24, 2.45) is 5.73 Å². The van der Waals surface area contributed by atoms with Gasteiger partial charge >= 0.3 is 0 Å². The standard InChI is InChI=1S/C20H24N4/c1-4-5-17(21)19-15(10-11-18-16(19)12-23-24-18)13-6-8-14(9-7-13)20(2,3)22/h6-12,21H,4-5,22H2,1-3H3,(H,23,24). The Kier molecular flexibility index (Phi) is 4.24. The summed E-state index contributed by atoms with van der Waals surface area (Å²) in [6, 6.07) is 12.4. The summed E-state index contributed by atoms with van der Waals surface area (Å²) in [5.41, 5.74) is 11.7. The molecule has 0 saturated carbocycles. The number of aromatic amines is 1. The van der Waals surface area contributed by atoms with E-state index >= 15 is 0 Å². The number of nitrogens with one attached hydrogen (secondary N) is 2. The maximum Gasteiger partial charge on any atom is 0.0657 e. The molecule has 124 valence electrons. The maximum absolute atomic E-state index is 8.52. The summed E-state index contributed by atoms with van der Waals surface area (Å²) in [7, 11) is 0. The monoisotopic (exact) mass is 320 g/mol. The Balaban J connectivity index is 2.15. The highest BCUT2D eigenvalue weighted by Gasteiger charge is 2.17. The van der Waals surface area contributed by atoms with Gasteiger partial charge in [0.05, 0.1) is 11.7 Å². The minimum absolute atomic E-state index is 0.356. The Morgan fingerprint density at radius 3 is 2.50 bits per heavy atom. The van der Waals surface area contributed by atoms with Crippen molar-refractivity contribution in [3.05, 3.63) is 53.7 Å². The fourth-order valence-corrected chi connectivity index (χ4v) is 3.04. The van der Waals surface area contributed by atoms with Gasteiger partial charge in [-0.05, 0) is 43.0 Å². The molecule has 0 unspecified atom stereocenters. The lowest BCUT2D eigenvalue weighted by molar-refractivity contribution is 0.554.